The third kappa shape index (κ3) is 3.36. The van der Waals surface area contributed by atoms with Crippen molar-refractivity contribution in [1.29, 1.82) is 0 Å². The minimum atomic E-state index is -0.683. The quantitative estimate of drug-likeness (QED) is 0.577. The fourth-order valence-electron chi connectivity index (χ4n) is 9.48. The van der Waals surface area contributed by atoms with Gasteiger partial charge in [0.1, 0.15) is 0 Å². The maximum Gasteiger partial charge on any atom is 0.303 e. The topological polar surface area (TPSA) is 77.8 Å². The molecule has 4 fully saturated rings. The first-order valence-corrected chi connectivity index (χ1v) is 12.7. The van der Waals surface area contributed by atoms with Gasteiger partial charge in [0.2, 0.25) is 0 Å². The van der Waals surface area contributed by atoms with E-state index in [4.69, 9.17) is 5.11 Å². The monoisotopic (exact) mass is 420 g/mol. The zero-order chi connectivity index (χ0) is 21.8. The van der Waals surface area contributed by atoms with E-state index in [0.717, 1.165) is 32.1 Å². The van der Waals surface area contributed by atoms with Gasteiger partial charge < -0.3 is 15.3 Å². The molecule has 0 heterocycles. The van der Waals surface area contributed by atoms with Crippen LogP contribution in [-0.2, 0) is 4.79 Å². The van der Waals surface area contributed by atoms with Gasteiger partial charge >= 0.3 is 5.97 Å². The summed E-state index contributed by atoms with van der Waals surface area (Å²) in [7, 11) is 0. The number of fused-ring (bicyclic) bond motifs is 5. The molecule has 4 rings (SSSR count). The Bertz CT molecular complexity index is 649. The SMILES string of the molecule is CC[C@@H]1[C@@H](O)[C@H]2C3CC[C@H]([C@H](C)CCC(=O)O)[C@@]3(C)CCC2[C@@]2(C)CC[C@@H](O)C[C@@H]12. The third-order valence-electron chi connectivity index (χ3n) is 11.0. The Balaban J connectivity index is 1.61. The largest absolute Gasteiger partial charge is 0.481 e. The Morgan fingerprint density at radius 3 is 2.33 bits per heavy atom. The van der Waals surface area contributed by atoms with Gasteiger partial charge in [-0.1, -0.05) is 34.1 Å². The Morgan fingerprint density at radius 2 is 1.67 bits per heavy atom. The Hall–Kier alpha value is -0.610. The minimum absolute atomic E-state index is 0.194. The molecule has 0 saturated heterocycles. The van der Waals surface area contributed by atoms with E-state index >= 15 is 0 Å². The van der Waals surface area contributed by atoms with Crippen LogP contribution in [0.4, 0.5) is 0 Å². The van der Waals surface area contributed by atoms with Crippen molar-refractivity contribution in [3.63, 3.8) is 0 Å². The smallest absolute Gasteiger partial charge is 0.303 e. The van der Waals surface area contributed by atoms with E-state index < -0.39 is 5.97 Å². The van der Waals surface area contributed by atoms with E-state index in [2.05, 4.69) is 27.7 Å². The average molecular weight is 421 g/mol. The highest BCUT2D eigenvalue weighted by Crippen LogP contribution is 2.69. The fourth-order valence-corrected chi connectivity index (χ4v) is 9.48. The van der Waals surface area contributed by atoms with Crippen LogP contribution in [-0.4, -0.2) is 33.5 Å². The summed E-state index contributed by atoms with van der Waals surface area (Å²) in [5, 5.41) is 31.3. The first-order chi connectivity index (χ1) is 14.1. The number of carboxylic acids is 1. The number of hydrogen-bond acceptors (Lipinski definition) is 3. The molecule has 0 aromatic heterocycles. The van der Waals surface area contributed by atoms with Crippen LogP contribution in [0.3, 0.4) is 0 Å². The van der Waals surface area contributed by atoms with E-state index in [1.54, 1.807) is 0 Å². The number of aliphatic hydroxyl groups excluding tert-OH is 2. The van der Waals surface area contributed by atoms with Crippen molar-refractivity contribution >= 4 is 5.97 Å². The van der Waals surface area contributed by atoms with Crippen LogP contribution in [0.25, 0.3) is 0 Å². The van der Waals surface area contributed by atoms with E-state index in [1.165, 1.54) is 25.7 Å². The number of carbonyl (C=O) groups is 1. The van der Waals surface area contributed by atoms with Crippen LogP contribution in [0.15, 0.2) is 0 Å². The zero-order valence-corrected chi connectivity index (χ0v) is 19.5. The molecule has 0 aromatic rings. The third-order valence-corrected chi connectivity index (χ3v) is 11.0. The van der Waals surface area contributed by atoms with Crippen molar-refractivity contribution in [3.8, 4) is 0 Å². The van der Waals surface area contributed by atoms with Crippen LogP contribution in [0.2, 0.25) is 0 Å². The summed E-state index contributed by atoms with van der Waals surface area (Å²) in [6, 6.07) is 0. The highest BCUT2D eigenvalue weighted by atomic mass is 16.4. The molecule has 3 N–H and O–H groups in total. The van der Waals surface area contributed by atoms with E-state index in [0.29, 0.717) is 41.4 Å². The molecule has 0 aromatic carbocycles. The first-order valence-electron chi connectivity index (χ1n) is 12.7. The van der Waals surface area contributed by atoms with Gasteiger partial charge in [-0.2, -0.15) is 0 Å². The number of hydrogen-bond donors (Lipinski definition) is 3. The Labute approximate surface area is 182 Å². The standard InChI is InChI=1S/C26H44O4/c1-5-17-21-14-16(27)10-12-26(21,4)20-11-13-25(3)18(15(2)6-9-22(28)29)7-8-19(25)23(20)24(17)30/h15-21,23-24,27,30H,5-14H2,1-4H3,(H,28,29)/t15-,16-,17+,18-,19?,20?,21+,23+,24-,25-,26-/m1/s1. The summed E-state index contributed by atoms with van der Waals surface area (Å²) in [6.45, 7) is 9.44. The number of rotatable bonds is 5. The van der Waals surface area contributed by atoms with Gasteiger partial charge in [-0.05, 0) is 104 Å². The average Bonchev–Trinajstić information content (AvgIpc) is 3.05. The molecule has 4 saturated carbocycles. The summed E-state index contributed by atoms with van der Waals surface area (Å²) in [4.78, 5) is 11.1. The van der Waals surface area contributed by atoms with Crippen LogP contribution in [0.5, 0.6) is 0 Å². The van der Waals surface area contributed by atoms with Crippen molar-refractivity contribution in [3.05, 3.63) is 0 Å². The maximum absolute atomic E-state index is 11.7. The molecule has 2 unspecified atom stereocenters. The lowest BCUT2D eigenvalue weighted by atomic mass is 9.41. The number of aliphatic hydroxyl groups is 2. The second-order valence-corrected chi connectivity index (χ2v) is 12.0. The molecular weight excluding hydrogens is 376 g/mol. The molecule has 4 nitrogen and oxygen atoms in total. The molecule has 0 aliphatic heterocycles. The Morgan fingerprint density at radius 1 is 1.00 bits per heavy atom. The molecule has 4 aliphatic carbocycles. The fraction of sp³-hybridized carbons (Fsp3) is 0.962. The lowest BCUT2D eigenvalue weighted by Crippen LogP contribution is -2.62. The molecule has 172 valence electrons. The highest BCUT2D eigenvalue weighted by Gasteiger charge is 2.64. The van der Waals surface area contributed by atoms with E-state index in [-0.39, 0.29) is 29.5 Å². The molecule has 4 heteroatoms. The van der Waals surface area contributed by atoms with Crippen molar-refractivity contribution < 1.29 is 20.1 Å². The summed E-state index contributed by atoms with van der Waals surface area (Å²) >= 11 is 0. The van der Waals surface area contributed by atoms with Crippen LogP contribution >= 0.6 is 0 Å². The molecule has 0 radical (unpaired) electrons. The minimum Gasteiger partial charge on any atom is -0.481 e. The lowest BCUT2D eigenvalue weighted by molar-refractivity contribution is -0.203. The maximum atomic E-state index is 11.7. The number of aliphatic carboxylic acids is 1. The van der Waals surface area contributed by atoms with Gasteiger partial charge in [-0.3, -0.25) is 4.79 Å². The molecule has 30 heavy (non-hydrogen) atoms. The normalized spacial score (nSPS) is 51.5. The van der Waals surface area contributed by atoms with Gasteiger partial charge in [-0.15, -0.1) is 0 Å². The zero-order valence-electron chi connectivity index (χ0n) is 19.5. The molecule has 0 spiro atoms. The predicted molar refractivity (Wildman–Crippen MR) is 118 cm³/mol. The predicted octanol–water partition coefficient (Wildman–Crippen LogP) is 5.11. The van der Waals surface area contributed by atoms with Crippen LogP contribution in [0, 0.1) is 52.3 Å². The Kier molecular flexibility index (Phi) is 6.07. The van der Waals surface area contributed by atoms with Crippen molar-refractivity contribution in [2.45, 2.75) is 104 Å². The molecule has 11 atom stereocenters. The highest BCUT2D eigenvalue weighted by molar-refractivity contribution is 5.66. The van der Waals surface area contributed by atoms with E-state index in [1.807, 2.05) is 0 Å². The summed E-state index contributed by atoms with van der Waals surface area (Å²) in [5.74, 6) is 2.58. The van der Waals surface area contributed by atoms with Gasteiger partial charge in [0.25, 0.3) is 0 Å². The van der Waals surface area contributed by atoms with Gasteiger partial charge in [0, 0.05) is 6.42 Å². The van der Waals surface area contributed by atoms with Crippen molar-refractivity contribution in [2.75, 3.05) is 0 Å². The molecule has 0 amide bonds. The van der Waals surface area contributed by atoms with Gasteiger partial charge in [0.15, 0.2) is 0 Å². The molecular formula is C26H44O4. The van der Waals surface area contributed by atoms with Crippen molar-refractivity contribution in [2.24, 2.45) is 52.3 Å². The lowest BCUT2D eigenvalue weighted by Gasteiger charge is -2.64. The second-order valence-electron chi connectivity index (χ2n) is 12.0. The summed E-state index contributed by atoms with van der Waals surface area (Å²) in [5.41, 5.74) is 0.480. The van der Waals surface area contributed by atoms with Gasteiger partial charge in [-0.25, -0.2) is 0 Å². The van der Waals surface area contributed by atoms with Crippen molar-refractivity contribution in [1.82, 2.24) is 0 Å². The first kappa shape index (κ1) is 22.6. The van der Waals surface area contributed by atoms with E-state index in [9.17, 15) is 15.0 Å². The van der Waals surface area contributed by atoms with Gasteiger partial charge in [0.05, 0.1) is 12.2 Å². The number of carboxylic acid groups (broad SMARTS) is 1. The summed E-state index contributed by atoms with van der Waals surface area (Å²) in [6.07, 6.45) is 9.27. The second kappa shape index (κ2) is 8.06. The summed E-state index contributed by atoms with van der Waals surface area (Å²) < 4.78 is 0. The molecule has 4 aliphatic rings. The van der Waals surface area contributed by atoms with Crippen LogP contribution < -0.4 is 0 Å². The van der Waals surface area contributed by atoms with Crippen LogP contribution in [0.1, 0.15) is 91.9 Å². The molecule has 0 bridgehead atoms.